The van der Waals surface area contributed by atoms with Gasteiger partial charge in [0.2, 0.25) is 0 Å². The lowest BCUT2D eigenvalue weighted by atomic mass is 10.1. The highest BCUT2D eigenvalue weighted by Gasteiger charge is 2.10. The first-order valence-corrected chi connectivity index (χ1v) is 5.68. The fourth-order valence-electron chi connectivity index (χ4n) is 1.48. The zero-order chi connectivity index (χ0) is 12.1. The van der Waals surface area contributed by atoms with Crippen LogP contribution >= 0.6 is 11.6 Å². The summed E-state index contributed by atoms with van der Waals surface area (Å²) in [6, 6.07) is 10.9. The number of benzene rings is 1. The van der Waals surface area contributed by atoms with Crippen LogP contribution in [0.2, 0.25) is 5.02 Å². The first kappa shape index (κ1) is 11.9. The van der Waals surface area contributed by atoms with E-state index in [0.717, 1.165) is 5.56 Å². The second-order valence-corrected chi connectivity index (χ2v) is 4.03. The number of rotatable bonds is 4. The van der Waals surface area contributed by atoms with E-state index >= 15 is 0 Å². The van der Waals surface area contributed by atoms with Crippen molar-refractivity contribution in [2.75, 3.05) is 6.61 Å². The Morgan fingerprint density at radius 3 is 2.76 bits per heavy atom. The van der Waals surface area contributed by atoms with Crippen molar-refractivity contribution in [2.45, 2.75) is 6.04 Å². The van der Waals surface area contributed by atoms with Crippen molar-refractivity contribution in [1.82, 2.24) is 4.98 Å². The van der Waals surface area contributed by atoms with E-state index in [1.807, 2.05) is 36.4 Å². The number of nitrogens with two attached hydrogens (primary N) is 1. The number of hydrogen-bond acceptors (Lipinski definition) is 3. The van der Waals surface area contributed by atoms with Crippen LogP contribution in [0.1, 0.15) is 11.6 Å². The first-order chi connectivity index (χ1) is 8.27. The van der Waals surface area contributed by atoms with Crippen LogP contribution in [-0.2, 0) is 0 Å². The average Bonchev–Trinajstić information content (AvgIpc) is 2.38. The van der Waals surface area contributed by atoms with Gasteiger partial charge in [0.25, 0.3) is 0 Å². The van der Waals surface area contributed by atoms with Gasteiger partial charge < -0.3 is 10.5 Å². The Morgan fingerprint density at radius 1 is 1.24 bits per heavy atom. The maximum atomic E-state index is 6.05. The van der Waals surface area contributed by atoms with Crippen LogP contribution in [0.25, 0.3) is 0 Å². The van der Waals surface area contributed by atoms with Crippen LogP contribution in [0.15, 0.2) is 48.8 Å². The minimum atomic E-state index is -0.246. The number of hydrogen-bond donors (Lipinski definition) is 1. The summed E-state index contributed by atoms with van der Waals surface area (Å²) >= 11 is 6.05. The van der Waals surface area contributed by atoms with Gasteiger partial charge in [0.1, 0.15) is 12.4 Å². The summed E-state index contributed by atoms with van der Waals surface area (Å²) in [5, 5.41) is 0.662. The molecule has 0 fully saturated rings. The third-order valence-corrected chi connectivity index (χ3v) is 2.71. The predicted molar refractivity (Wildman–Crippen MR) is 68.1 cm³/mol. The highest BCUT2D eigenvalue weighted by molar-refractivity contribution is 6.31. The van der Waals surface area contributed by atoms with E-state index in [0.29, 0.717) is 17.4 Å². The van der Waals surface area contributed by atoms with Gasteiger partial charge in [-0.1, -0.05) is 29.8 Å². The number of ether oxygens (including phenoxy) is 1. The molecule has 17 heavy (non-hydrogen) atoms. The Labute approximate surface area is 105 Å². The summed E-state index contributed by atoms with van der Waals surface area (Å²) in [4.78, 5) is 3.96. The largest absolute Gasteiger partial charge is 0.490 e. The lowest BCUT2D eigenvalue weighted by Crippen LogP contribution is -2.19. The van der Waals surface area contributed by atoms with Gasteiger partial charge in [-0.2, -0.15) is 0 Å². The van der Waals surface area contributed by atoms with Crippen LogP contribution in [0, 0.1) is 0 Å². The molecule has 1 heterocycles. The maximum Gasteiger partial charge on any atom is 0.137 e. The van der Waals surface area contributed by atoms with E-state index in [-0.39, 0.29) is 6.04 Å². The normalized spacial score (nSPS) is 12.1. The maximum absolute atomic E-state index is 6.05. The highest BCUT2D eigenvalue weighted by Crippen LogP contribution is 2.21. The van der Waals surface area contributed by atoms with Gasteiger partial charge in [-0.15, -0.1) is 0 Å². The van der Waals surface area contributed by atoms with E-state index < -0.39 is 0 Å². The molecular weight excluding hydrogens is 236 g/mol. The van der Waals surface area contributed by atoms with Gasteiger partial charge in [-0.05, 0) is 23.8 Å². The second-order valence-electron chi connectivity index (χ2n) is 3.63. The molecular formula is C13H13ClN2O. The van der Waals surface area contributed by atoms with Crippen LogP contribution in [0.5, 0.6) is 5.75 Å². The van der Waals surface area contributed by atoms with E-state index in [1.165, 1.54) is 0 Å². The molecule has 2 N–H and O–H groups in total. The third-order valence-electron chi connectivity index (χ3n) is 2.37. The lowest BCUT2D eigenvalue weighted by Gasteiger charge is -2.14. The number of pyridine rings is 1. The van der Waals surface area contributed by atoms with Gasteiger partial charge in [0, 0.05) is 11.2 Å². The summed E-state index contributed by atoms with van der Waals surface area (Å²) in [6.45, 7) is 0.370. The number of nitrogens with zero attached hydrogens (tertiary/aromatic N) is 1. The molecule has 0 saturated heterocycles. The molecule has 2 aromatic rings. The van der Waals surface area contributed by atoms with Crippen molar-refractivity contribution in [3.05, 3.63) is 59.4 Å². The lowest BCUT2D eigenvalue weighted by molar-refractivity contribution is 0.289. The first-order valence-electron chi connectivity index (χ1n) is 5.30. The molecule has 1 aromatic heterocycles. The Bertz CT molecular complexity index is 476. The van der Waals surface area contributed by atoms with E-state index in [1.54, 1.807) is 12.4 Å². The van der Waals surface area contributed by atoms with Gasteiger partial charge in [0.15, 0.2) is 0 Å². The van der Waals surface area contributed by atoms with Crippen molar-refractivity contribution in [3.8, 4) is 5.75 Å². The molecule has 0 saturated carbocycles. The van der Waals surface area contributed by atoms with Gasteiger partial charge in [-0.3, -0.25) is 4.98 Å². The molecule has 0 aliphatic heterocycles. The fourth-order valence-corrected chi connectivity index (χ4v) is 1.76. The standard InChI is InChI=1S/C13H13ClN2O/c14-12-6-2-1-5-11(12)13(15)9-17-10-4-3-7-16-8-10/h1-8,13H,9,15H2. The van der Waals surface area contributed by atoms with Crippen molar-refractivity contribution >= 4 is 11.6 Å². The van der Waals surface area contributed by atoms with Crippen molar-refractivity contribution in [2.24, 2.45) is 5.73 Å². The minimum Gasteiger partial charge on any atom is -0.490 e. The third kappa shape index (κ3) is 3.19. The molecule has 1 unspecified atom stereocenters. The number of halogens is 1. The van der Waals surface area contributed by atoms with Crippen LogP contribution < -0.4 is 10.5 Å². The summed E-state index contributed by atoms with van der Waals surface area (Å²) in [5.41, 5.74) is 6.90. The predicted octanol–water partition coefficient (Wildman–Crippen LogP) is 2.81. The molecule has 3 nitrogen and oxygen atoms in total. The Balaban J connectivity index is 1.99. The van der Waals surface area contributed by atoms with Crippen molar-refractivity contribution < 1.29 is 4.74 Å². The molecule has 0 aliphatic carbocycles. The van der Waals surface area contributed by atoms with Gasteiger partial charge in [0.05, 0.1) is 12.2 Å². The summed E-state index contributed by atoms with van der Waals surface area (Å²) in [6.07, 6.45) is 3.35. The zero-order valence-corrected chi connectivity index (χ0v) is 9.97. The minimum absolute atomic E-state index is 0.246. The molecule has 2 rings (SSSR count). The second kappa shape index (κ2) is 5.66. The fraction of sp³-hybridized carbons (Fsp3) is 0.154. The molecule has 1 atom stereocenters. The van der Waals surface area contributed by atoms with Crippen molar-refractivity contribution in [3.63, 3.8) is 0 Å². The average molecular weight is 249 g/mol. The topological polar surface area (TPSA) is 48.1 Å². The van der Waals surface area contributed by atoms with Gasteiger partial charge >= 0.3 is 0 Å². The van der Waals surface area contributed by atoms with Crippen molar-refractivity contribution in [1.29, 1.82) is 0 Å². The van der Waals surface area contributed by atoms with Crippen LogP contribution in [0.3, 0.4) is 0 Å². The summed E-state index contributed by atoms with van der Waals surface area (Å²) < 4.78 is 5.53. The van der Waals surface area contributed by atoms with Crippen LogP contribution in [0.4, 0.5) is 0 Å². The van der Waals surface area contributed by atoms with Gasteiger partial charge in [-0.25, -0.2) is 0 Å². The molecule has 0 radical (unpaired) electrons. The molecule has 4 heteroatoms. The van der Waals surface area contributed by atoms with E-state index in [9.17, 15) is 0 Å². The SMILES string of the molecule is NC(COc1cccnc1)c1ccccc1Cl. The molecule has 0 spiro atoms. The van der Waals surface area contributed by atoms with E-state index in [4.69, 9.17) is 22.1 Å². The highest BCUT2D eigenvalue weighted by atomic mass is 35.5. The quantitative estimate of drug-likeness (QED) is 0.905. The smallest absolute Gasteiger partial charge is 0.137 e. The Kier molecular flexibility index (Phi) is 3.96. The van der Waals surface area contributed by atoms with Crippen LogP contribution in [-0.4, -0.2) is 11.6 Å². The molecule has 1 aromatic carbocycles. The van der Waals surface area contributed by atoms with E-state index in [2.05, 4.69) is 4.98 Å². The number of aromatic nitrogens is 1. The molecule has 0 amide bonds. The summed E-state index contributed by atoms with van der Waals surface area (Å²) in [7, 11) is 0. The molecule has 88 valence electrons. The monoisotopic (exact) mass is 248 g/mol. The molecule has 0 bridgehead atoms. The summed E-state index contributed by atoms with van der Waals surface area (Å²) in [5.74, 6) is 0.704. The zero-order valence-electron chi connectivity index (χ0n) is 9.21. The Hall–Kier alpha value is -1.58. The Morgan fingerprint density at radius 2 is 2.06 bits per heavy atom. The molecule has 0 aliphatic rings.